The van der Waals surface area contributed by atoms with Crippen molar-refractivity contribution in [3.05, 3.63) is 22.7 Å². The van der Waals surface area contributed by atoms with E-state index in [9.17, 15) is 9.90 Å². The molecule has 1 rings (SSSR count). The zero-order valence-corrected chi connectivity index (χ0v) is 9.08. The number of phenols is 1. The number of carboxylic acid groups (broad SMARTS) is 1. The number of aliphatic carboxylic acids is 1. The predicted molar refractivity (Wildman–Crippen MR) is 55.7 cm³/mol. The zero-order chi connectivity index (χ0) is 11.6. The van der Waals surface area contributed by atoms with E-state index in [0.29, 0.717) is 5.75 Å². The quantitative estimate of drug-likeness (QED) is 0.836. The lowest BCUT2D eigenvalue weighted by Gasteiger charge is -2.13. The van der Waals surface area contributed by atoms with Crippen molar-refractivity contribution in [3.63, 3.8) is 0 Å². The lowest BCUT2D eigenvalue weighted by Crippen LogP contribution is -2.08. The van der Waals surface area contributed by atoms with Crippen LogP contribution in [-0.2, 0) is 4.79 Å². The van der Waals surface area contributed by atoms with Gasteiger partial charge in [0.05, 0.1) is 18.1 Å². The molecule has 0 aliphatic carbocycles. The third-order valence-corrected chi connectivity index (χ3v) is 2.53. The summed E-state index contributed by atoms with van der Waals surface area (Å²) in [5.74, 6) is -1.73. The smallest absolute Gasteiger partial charge is 0.310 e. The number of ether oxygens (including phenoxy) is 1. The average molecular weight is 231 g/mol. The van der Waals surface area contributed by atoms with Crippen LogP contribution >= 0.6 is 11.6 Å². The molecule has 0 aromatic heterocycles. The number of carbonyl (C=O) groups is 1. The van der Waals surface area contributed by atoms with E-state index in [4.69, 9.17) is 21.4 Å². The molecule has 1 aromatic rings. The van der Waals surface area contributed by atoms with Gasteiger partial charge in [-0.25, -0.2) is 0 Å². The number of rotatable bonds is 3. The van der Waals surface area contributed by atoms with Gasteiger partial charge in [0.15, 0.2) is 0 Å². The van der Waals surface area contributed by atoms with Gasteiger partial charge in [0, 0.05) is 5.56 Å². The molecule has 0 spiro atoms. The Morgan fingerprint density at radius 1 is 1.53 bits per heavy atom. The van der Waals surface area contributed by atoms with Gasteiger partial charge in [-0.2, -0.15) is 0 Å². The molecule has 0 fully saturated rings. The molecular weight excluding hydrogens is 220 g/mol. The average Bonchev–Trinajstić information content (AvgIpc) is 2.17. The molecule has 1 atom stereocenters. The van der Waals surface area contributed by atoms with E-state index in [1.165, 1.54) is 26.2 Å². The normalized spacial score (nSPS) is 12.2. The highest BCUT2D eigenvalue weighted by Gasteiger charge is 2.22. The molecular formula is C10H11ClO4. The molecule has 0 radical (unpaired) electrons. The highest BCUT2D eigenvalue weighted by molar-refractivity contribution is 6.33. The Morgan fingerprint density at radius 3 is 2.60 bits per heavy atom. The van der Waals surface area contributed by atoms with E-state index >= 15 is 0 Å². The van der Waals surface area contributed by atoms with Crippen LogP contribution in [0, 0.1) is 0 Å². The van der Waals surface area contributed by atoms with E-state index in [0.717, 1.165) is 0 Å². The summed E-state index contributed by atoms with van der Waals surface area (Å²) >= 11 is 5.90. The van der Waals surface area contributed by atoms with Crippen molar-refractivity contribution >= 4 is 17.6 Å². The van der Waals surface area contributed by atoms with Crippen LogP contribution in [0.2, 0.25) is 5.02 Å². The van der Waals surface area contributed by atoms with Crippen molar-refractivity contribution in [1.29, 1.82) is 0 Å². The number of benzene rings is 1. The van der Waals surface area contributed by atoms with Crippen LogP contribution in [0.3, 0.4) is 0 Å². The van der Waals surface area contributed by atoms with Gasteiger partial charge in [-0.3, -0.25) is 4.79 Å². The van der Waals surface area contributed by atoms with Crippen LogP contribution in [-0.4, -0.2) is 23.3 Å². The Labute approximate surface area is 92.1 Å². The first-order valence-electron chi connectivity index (χ1n) is 4.27. The fraction of sp³-hybridized carbons (Fsp3) is 0.300. The van der Waals surface area contributed by atoms with E-state index in [2.05, 4.69) is 0 Å². The van der Waals surface area contributed by atoms with Crippen LogP contribution in [0.25, 0.3) is 0 Å². The Balaban J connectivity index is 3.32. The van der Waals surface area contributed by atoms with Crippen LogP contribution in [0.4, 0.5) is 0 Å². The zero-order valence-electron chi connectivity index (χ0n) is 8.32. The molecule has 2 N–H and O–H groups in total. The van der Waals surface area contributed by atoms with Crippen molar-refractivity contribution in [2.75, 3.05) is 7.11 Å². The summed E-state index contributed by atoms with van der Waals surface area (Å²) in [6.45, 7) is 1.45. The van der Waals surface area contributed by atoms with Gasteiger partial charge < -0.3 is 14.9 Å². The minimum atomic E-state index is -1.06. The summed E-state index contributed by atoms with van der Waals surface area (Å²) in [5.41, 5.74) is 0.170. The first-order valence-corrected chi connectivity index (χ1v) is 4.65. The van der Waals surface area contributed by atoms with Gasteiger partial charge in [-0.1, -0.05) is 11.6 Å². The molecule has 0 aliphatic heterocycles. The maximum Gasteiger partial charge on any atom is 0.310 e. The summed E-state index contributed by atoms with van der Waals surface area (Å²) in [6, 6.07) is 2.84. The third-order valence-electron chi connectivity index (χ3n) is 2.14. The van der Waals surface area contributed by atoms with Crippen LogP contribution in [0.15, 0.2) is 12.1 Å². The third kappa shape index (κ3) is 2.15. The number of carboxylic acids is 1. The summed E-state index contributed by atoms with van der Waals surface area (Å²) < 4.78 is 4.93. The molecule has 5 heteroatoms. The summed E-state index contributed by atoms with van der Waals surface area (Å²) in [5, 5.41) is 18.5. The lowest BCUT2D eigenvalue weighted by molar-refractivity contribution is -0.138. The Morgan fingerprint density at radius 2 is 2.13 bits per heavy atom. The SMILES string of the molecule is COc1ccc(O)c(C(C)C(=O)O)c1Cl. The second kappa shape index (κ2) is 4.40. The number of halogens is 1. The second-order valence-corrected chi connectivity index (χ2v) is 3.45. The van der Waals surface area contributed by atoms with Crippen molar-refractivity contribution in [2.45, 2.75) is 12.8 Å². The number of methoxy groups -OCH3 is 1. The Hall–Kier alpha value is -1.42. The van der Waals surface area contributed by atoms with Gasteiger partial charge in [0.25, 0.3) is 0 Å². The van der Waals surface area contributed by atoms with Gasteiger partial charge in [0.1, 0.15) is 11.5 Å². The topological polar surface area (TPSA) is 66.8 Å². The Kier molecular flexibility index (Phi) is 3.42. The van der Waals surface area contributed by atoms with Crippen molar-refractivity contribution in [2.24, 2.45) is 0 Å². The summed E-state index contributed by atoms with van der Waals surface area (Å²) in [7, 11) is 1.42. The molecule has 0 bridgehead atoms. The van der Waals surface area contributed by atoms with Gasteiger partial charge in [-0.15, -0.1) is 0 Å². The fourth-order valence-electron chi connectivity index (χ4n) is 1.26. The minimum Gasteiger partial charge on any atom is -0.508 e. The lowest BCUT2D eigenvalue weighted by atomic mass is 10.00. The highest BCUT2D eigenvalue weighted by Crippen LogP contribution is 2.38. The second-order valence-electron chi connectivity index (χ2n) is 3.07. The molecule has 0 heterocycles. The minimum absolute atomic E-state index is 0.132. The van der Waals surface area contributed by atoms with Gasteiger partial charge in [0.2, 0.25) is 0 Å². The van der Waals surface area contributed by atoms with E-state index in [-0.39, 0.29) is 16.3 Å². The molecule has 1 aromatic carbocycles. The number of aromatic hydroxyl groups is 1. The molecule has 0 aliphatic rings. The molecule has 0 saturated heterocycles. The van der Waals surface area contributed by atoms with E-state index in [1.54, 1.807) is 0 Å². The van der Waals surface area contributed by atoms with E-state index in [1.807, 2.05) is 0 Å². The van der Waals surface area contributed by atoms with Crippen molar-refractivity contribution in [3.8, 4) is 11.5 Å². The first kappa shape index (κ1) is 11.7. The maximum absolute atomic E-state index is 10.8. The summed E-state index contributed by atoms with van der Waals surface area (Å²) in [6.07, 6.45) is 0. The highest BCUT2D eigenvalue weighted by atomic mass is 35.5. The standard InChI is InChI=1S/C10H11ClO4/c1-5(10(13)14)8-6(12)3-4-7(15-2)9(8)11/h3-5,12H,1-2H3,(H,13,14). The Bertz CT molecular complexity index is 389. The fourth-order valence-corrected chi connectivity index (χ4v) is 1.66. The van der Waals surface area contributed by atoms with Gasteiger partial charge in [-0.05, 0) is 19.1 Å². The first-order chi connectivity index (χ1) is 6.99. The molecule has 15 heavy (non-hydrogen) atoms. The monoisotopic (exact) mass is 230 g/mol. The molecule has 4 nitrogen and oxygen atoms in total. The van der Waals surface area contributed by atoms with Crippen molar-refractivity contribution < 1.29 is 19.7 Å². The number of hydrogen-bond donors (Lipinski definition) is 2. The molecule has 1 unspecified atom stereocenters. The van der Waals surface area contributed by atoms with Crippen LogP contribution in [0.1, 0.15) is 18.4 Å². The van der Waals surface area contributed by atoms with Crippen LogP contribution < -0.4 is 4.74 Å². The maximum atomic E-state index is 10.8. The van der Waals surface area contributed by atoms with Gasteiger partial charge >= 0.3 is 5.97 Å². The number of hydrogen-bond acceptors (Lipinski definition) is 3. The largest absolute Gasteiger partial charge is 0.508 e. The van der Waals surface area contributed by atoms with E-state index < -0.39 is 11.9 Å². The molecule has 0 saturated carbocycles. The van der Waals surface area contributed by atoms with Crippen molar-refractivity contribution in [1.82, 2.24) is 0 Å². The number of phenolic OH excluding ortho intramolecular Hbond substituents is 1. The molecule has 82 valence electrons. The van der Waals surface area contributed by atoms with Crippen LogP contribution in [0.5, 0.6) is 11.5 Å². The summed E-state index contributed by atoms with van der Waals surface area (Å²) in [4.78, 5) is 10.8. The predicted octanol–water partition coefficient (Wildman–Crippen LogP) is 2.24. The molecule has 0 amide bonds.